The van der Waals surface area contributed by atoms with Crippen LogP contribution in [0.5, 0.6) is 0 Å². The monoisotopic (exact) mass is 272 g/mol. The van der Waals surface area contributed by atoms with Crippen LogP contribution in [0.3, 0.4) is 0 Å². The second-order valence-corrected chi connectivity index (χ2v) is 4.76. The molecule has 6 N–H and O–H groups in total. The molecule has 0 aromatic heterocycles. The van der Waals surface area contributed by atoms with E-state index in [0.717, 1.165) is 0 Å². The molecule has 2 saturated heterocycles. The molecular weight excluding hydrogens is 259 g/mol. The van der Waals surface area contributed by atoms with Gasteiger partial charge in [0.1, 0.15) is 29.7 Å². The first kappa shape index (κ1) is 13.2. The zero-order chi connectivity index (χ0) is 13.3. The summed E-state index contributed by atoms with van der Waals surface area (Å²) >= 11 is 0. The normalized spacial score (nSPS) is 36.7. The van der Waals surface area contributed by atoms with Crippen molar-refractivity contribution in [3.63, 3.8) is 0 Å². The van der Waals surface area contributed by atoms with Gasteiger partial charge in [-0.05, 0) is 0 Å². The van der Waals surface area contributed by atoms with Crippen molar-refractivity contribution in [1.29, 1.82) is 10.8 Å². The van der Waals surface area contributed by atoms with Gasteiger partial charge in [-0.2, -0.15) is 0 Å². The van der Waals surface area contributed by atoms with Crippen LogP contribution in [0.15, 0.2) is 11.4 Å². The number of aliphatic hydroxyl groups is 3. The molecule has 98 valence electrons. The van der Waals surface area contributed by atoms with E-state index in [1.165, 1.54) is 4.67 Å². The average molecular weight is 272 g/mol. The number of nitrogens with zero attached hydrogens (tertiary/aromatic N) is 1. The molecule has 0 amide bonds. The summed E-state index contributed by atoms with van der Waals surface area (Å²) in [6.07, 6.45) is -4.15. The van der Waals surface area contributed by atoms with E-state index in [0.29, 0.717) is 0 Å². The van der Waals surface area contributed by atoms with E-state index in [9.17, 15) is 10.2 Å². The van der Waals surface area contributed by atoms with E-state index in [1.807, 2.05) is 0 Å². The van der Waals surface area contributed by atoms with Gasteiger partial charge in [-0.25, -0.2) is 0 Å². The van der Waals surface area contributed by atoms with Crippen LogP contribution in [-0.4, -0.2) is 62.9 Å². The molecule has 9 heteroatoms. The molecule has 2 rings (SSSR count). The Morgan fingerprint density at radius 3 is 2.56 bits per heavy atom. The molecule has 0 saturated carbocycles. The maximum absolute atomic E-state index is 9.86. The molecule has 0 bridgehead atoms. The number of ether oxygens (including phenoxy) is 1. The maximum Gasteiger partial charge on any atom is 0.164 e. The highest BCUT2D eigenvalue weighted by Gasteiger charge is 2.47. The zero-order valence-electron chi connectivity index (χ0n) is 9.21. The van der Waals surface area contributed by atoms with E-state index in [4.69, 9.17) is 20.7 Å². The summed E-state index contributed by atoms with van der Waals surface area (Å²) in [7, 11) is -0.0587. The van der Waals surface area contributed by atoms with Gasteiger partial charge in [0, 0.05) is 11.7 Å². The number of nitrogens with one attached hydrogen (secondary N) is 3. The van der Waals surface area contributed by atoms with Crippen molar-refractivity contribution < 1.29 is 20.1 Å². The molecule has 2 unspecified atom stereocenters. The van der Waals surface area contributed by atoms with Crippen molar-refractivity contribution >= 4 is 20.6 Å². The van der Waals surface area contributed by atoms with Gasteiger partial charge in [-0.1, -0.05) is 0 Å². The Kier molecular flexibility index (Phi) is 3.80. The molecule has 8 nitrogen and oxygen atoms in total. The van der Waals surface area contributed by atoms with Crippen molar-refractivity contribution in [3.8, 4) is 0 Å². The largest absolute Gasteiger partial charge is 0.394 e. The first-order valence-electron chi connectivity index (χ1n) is 5.17. The summed E-state index contributed by atoms with van der Waals surface area (Å²) in [5.41, 5.74) is 0.513. The van der Waals surface area contributed by atoms with Crippen LogP contribution in [0.25, 0.3) is 0 Å². The fourth-order valence-corrected chi connectivity index (χ4v) is 2.88. The summed E-state index contributed by atoms with van der Waals surface area (Å²) in [4.78, 5) is 0. The third-order valence-corrected chi connectivity index (χ3v) is 3.87. The quantitative estimate of drug-likeness (QED) is 0.257. The van der Waals surface area contributed by atoms with Crippen LogP contribution in [0.2, 0.25) is 0 Å². The first-order valence-corrected chi connectivity index (χ1v) is 6.11. The molecule has 18 heavy (non-hydrogen) atoms. The second kappa shape index (κ2) is 5.18. The Morgan fingerprint density at radius 1 is 1.33 bits per heavy atom. The minimum absolute atomic E-state index is 0.0587. The Bertz CT molecular complexity index is 446. The lowest BCUT2D eigenvalue weighted by atomic mass is 10.1. The number of aliphatic hydroxyl groups excluding tert-OH is 3. The number of hydrogen-bond donors (Lipinski definition) is 6. The van der Waals surface area contributed by atoms with Crippen LogP contribution in [0.1, 0.15) is 0 Å². The van der Waals surface area contributed by atoms with Gasteiger partial charge in [0.25, 0.3) is 0 Å². The highest BCUT2D eigenvalue weighted by Crippen LogP contribution is 2.38. The van der Waals surface area contributed by atoms with E-state index in [2.05, 4.69) is 16.8 Å². The van der Waals surface area contributed by atoms with Gasteiger partial charge in [0.15, 0.2) is 6.23 Å². The lowest BCUT2D eigenvalue weighted by Gasteiger charge is -2.25. The SMILES string of the molecule is N=C=C1NPN(C2O[C@H](CO)[C@@H](O)[C@H]2O)C1=C=N. The van der Waals surface area contributed by atoms with Crippen LogP contribution in [0.4, 0.5) is 0 Å². The number of rotatable bonds is 2. The van der Waals surface area contributed by atoms with Gasteiger partial charge in [0.2, 0.25) is 0 Å². The minimum Gasteiger partial charge on any atom is -0.394 e. The fourth-order valence-electron chi connectivity index (χ4n) is 1.85. The molecule has 2 fully saturated rings. The van der Waals surface area contributed by atoms with E-state index in [-0.39, 0.29) is 20.3 Å². The maximum atomic E-state index is 9.86. The summed E-state index contributed by atoms with van der Waals surface area (Å²) in [5, 5.41) is 45.6. The summed E-state index contributed by atoms with van der Waals surface area (Å²) < 4.78 is 6.82. The third kappa shape index (κ3) is 1.96. The molecule has 2 aliphatic heterocycles. The lowest BCUT2D eigenvalue weighted by Crippen LogP contribution is -2.39. The van der Waals surface area contributed by atoms with Gasteiger partial charge in [-0.15, -0.1) is 0 Å². The smallest absolute Gasteiger partial charge is 0.164 e. The topological polar surface area (TPSA) is 133 Å². The summed E-state index contributed by atoms with van der Waals surface area (Å²) in [6.45, 7) is -0.407. The zero-order valence-corrected chi connectivity index (χ0v) is 10.2. The van der Waals surface area contributed by atoms with Gasteiger partial charge in [-0.3, -0.25) is 15.5 Å². The highest BCUT2D eigenvalue weighted by molar-refractivity contribution is 7.34. The number of hydrogen-bond acceptors (Lipinski definition) is 8. The van der Waals surface area contributed by atoms with Gasteiger partial charge in [0.05, 0.1) is 15.5 Å². The van der Waals surface area contributed by atoms with E-state index >= 15 is 0 Å². The molecule has 2 heterocycles. The summed E-state index contributed by atoms with van der Waals surface area (Å²) in [6, 6.07) is 0. The third-order valence-electron chi connectivity index (χ3n) is 2.79. The predicted molar refractivity (Wildman–Crippen MR) is 63.5 cm³/mol. The molecule has 0 aliphatic carbocycles. The van der Waals surface area contributed by atoms with Crippen molar-refractivity contribution in [2.45, 2.75) is 24.5 Å². The fraction of sp³-hybridized carbons (Fsp3) is 0.556. The standard InChI is InChI=1S/C9H13N4O4P/c10-1-4-5(2-11)13(18-12-4)9-8(16)7(15)6(3-14)17-9/h6-12,14-16,18H,3H2/t6-,7-,8-,9?/m1/s1. The minimum atomic E-state index is -1.20. The van der Waals surface area contributed by atoms with Crippen molar-refractivity contribution in [2.75, 3.05) is 6.61 Å². The van der Waals surface area contributed by atoms with Crippen molar-refractivity contribution in [3.05, 3.63) is 11.4 Å². The van der Waals surface area contributed by atoms with Gasteiger partial charge < -0.3 is 25.1 Å². The van der Waals surface area contributed by atoms with Crippen LogP contribution in [0, 0.1) is 10.8 Å². The van der Waals surface area contributed by atoms with Crippen LogP contribution < -0.4 is 5.09 Å². The molecular formula is C9H13N4O4P. The highest BCUT2D eigenvalue weighted by atomic mass is 31.1. The average Bonchev–Trinajstić information content (AvgIpc) is 2.92. The Labute approximate surface area is 104 Å². The molecule has 5 atom stereocenters. The molecule has 0 aromatic rings. The van der Waals surface area contributed by atoms with E-state index < -0.39 is 31.1 Å². The van der Waals surface area contributed by atoms with Crippen molar-refractivity contribution in [1.82, 2.24) is 9.76 Å². The van der Waals surface area contributed by atoms with Crippen LogP contribution in [-0.2, 0) is 4.74 Å². The Balaban J connectivity index is 2.24. The molecule has 0 radical (unpaired) electrons. The lowest BCUT2D eigenvalue weighted by molar-refractivity contribution is -0.0537. The predicted octanol–water partition coefficient (Wildman–Crippen LogP) is -1.90. The van der Waals surface area contributed by atoms with Gasteiger partial charge >= 0.3 is 0 Å². The molecule has 0 aromatic carbocycles. The van der Waals surface area contributed by atoms with Crippen LogP contribution >= 0.6 is 8.88 Å². The van der Waals surface area contributed by atoms with Crippen molar-refractivity contribution in [2.24, 2.45) is 0 Å². The first-order chi connectivity index (χ1) is 8.63. The molecule has 0 spiro atoms. The Morgan fingerprint density at radius 2 is 2.06 bits per heavy atom. The Hall–Kier alpha value is -1.23. The second-order valence-electron chi connectivity index (χ2n) is 3.81. The summed E-state index contributed by atoms with van der Waals surface area (Å²) in [5.74, 6) is 4.26. The van der Waals surface area contributed by atoms with E-state index in [1.54, 1.807) is 0 Å². The molecule has 2 aliphatic rings.